The molecule has 0 bridgehead atoms. The lowest BCUT2D eigenvalue weighted by atomic mass is 10.0. The summed E-state index contributed by atoms with van der Waals surface area (Å²) in [5.41, 5.74) is 0. The Labute approximate surface area is 106 Å². The highest BCUT2D eigenvalue weighted by atomic mass is 16.4. The summed E-state index contributed by atoms with van der Waals surface area (Å²) < 4.78 is 0. The van der Waals surface area contributed by atoms with Crippen LogP contribution in [0.3, 0.4) is 0 Å². The van der Waals surface area contributed by atoms with Gasteiger partial charge < -0.3 is 20.3 Å². The number of carboxylic acids is 1. The van der Waals surface area contributed by atoms with Crippen molar-refractivity contribution in [3.63, 3.8) is 0 Å². The molecule has 0 fully saturated rings. The molecule has 0 spiro atoms. The van der Waals surface area contributed by atoms with Crippen LogP contribution in [0.4, 0.5) is 0 Å². The summed E-state index contributed by atoms with van der Waals surface area (Å²) in [4.78, 5) is 33.2. The first kappa shape index (κ1) is 16.6. The molecule has 0 heterocycles. The minimum Gasteiger partial charge on any atom is -0.480 e. The predicted octanol–water partition coefficient (Wildman–Crippen LogP) is 0.332. The van der Waals surface area contributed by atoms with E-state index in [2.05, 4.69) is 5.32 Å². The smallest absolute Gasteiger partial charge is 0.326 e. The Hall–Kier alpha value is -1.43. The number of Topliss-reactive ketones (excluding diaryl/α,β-unsaturated/α-hetero) is 1. The van der Waals surface area contributed by atoms with Crippen molar-refractivity contribution in [2.24, 2.45) is 5.92 Å². The summed E-state index contributed by atoms with van der Waals surface area (Å²) in [7, 11) is 0. The molecule has 0 rings (SSSR count). The Kier molecular flexibility index (Phi) is 7.19. The first-order chi connectivity index (χ1) is 8.23. The fourth-order valence-electron chi connectivity index (χ4n) is 1.43. The zero-order valence-electron chi connectivity index (χ0n) is 11.0. The first-order valence-electron chi connectivity index (χ1n) is 5.94. The molecule has 6 heteroatoms. The van der Waals surface area contributed by atoms with Crippen molar-refractivity contribution in [2.45, 2.75) is 52.2 Å². The Morgan fingerprint density at radius 3 is 2.17 bits per heavy atom. The van der Waals surface area contributed by atoms with E-state index < -0.39 is 24.0 Å². The van der Waals surface area contributed by atoms with Crippen LogP contribution in [0.15, 0.2) is 0 Å². The molecule has 18 heavy (non-hydrogen) atoms. The van der Waals surface area contributed by atoms with E-state index >= 15 is 0 Å². The number of rotatable bonds is 8. The number of hydrogen-bond acceptors (Lipinski definition) is 4. The quantitative estimate of drug-likeness (QED) is 0.583. The van der Waals surface area contributed by atoms with Gasteiger partial charge in [-0.3, -0.25) is 4.79 Å². The van der Waals surface area contributed by atoms with Crippen LogP contribution in [0.1, 0.15) is 40.0 Å². The molecular formula is C12H21NO5. The van der Waals surface area contributed by atoms with Crippen molar-refractivity contribution >= 4 is 17.7 Å². The number of carbonyl (C=O) groups is 3. The van der Waals surface area contributed by atoms with E-state index in [0.717, 1.165) is 0 Å². The molecule has 6 nitrogen and oxygen atoms in total. The van der Waals surface area contributed by atoms with Gasteiger partial charge in [-0.15, -0.1) is 0 Å². The van der Waals surface area contributed by atoms with Gasteiger partial charge in [-0.05, 0) is 25.7 Å². The van der Waals surface area contributed by atoms with E-state index in [1.165, 1.54) is 6.92 Å². The zero-order valence-corrected chi connectivity index (χ0v) is 11.0. The Bertz CT molecular complexity index is 314. The van der Waals surface area contributed by atoms with E-state index in [-0.39, 0.29) is 31.0 Å². The molecule has 0 aliphatic rings. The van der Waals surface area contributed by atoms with Gasteiger partial charge in [0.2, 0.25) is 5.91 Å². The third-order valence-corrected chi connectivity index (χ3v) is 2.40. The molecule has 0 aromatic heterocycles. The molecule has 0 aliphatic carbocycles. The molecule has 0 aromatic carbocycles. The predicted molar refractivity (Wildman–Crippen MR) is 64.9 cm³/mol. The van der Waals surface area contributed by atoms with E-state index in [1.54, 1.807) is 0 Å². The van der Waals surface area contributed by atoms with Crippen molar-refractivity contribution in [1.82, 2.24) is 5.32 Å². The van der Waals surface area contributed by atoms with Gasteiger partial charge in [0.25, 0.3) is 0 Å². The third-order valence-electron chi connectivity index (χ3n) is 2.40. The Balaban J connectivity index is 4.35. The van der Waals surface area contributed by atoms with E-state index in [4.69, 9.17) is 5.11 Å². The maximum Gasteiger partial charge on any atom is 0.326 e. The molecule has 1 amide bonds. The number of aliphatic hydroxyl groups excluding tert-OH is 1. The maximum atomic E-state index is 11.5. The number of hydrogen-bond donors (Lipinski definition) is 3. The number of aliphatic hydroxyl groups is 1. The molecule has 0 unspecified atom stereocenters. The largest absolute Gasteiger partial charge is 0.480 e. The number of carboxylic acid groups (broad SMARTS) is 1. The molecule has 0 aliphatic heterocycles. The summed E-state index contributed by atoms with van der Waals surface area (Å²) in [5.74, 6) is -1.93. The second-order valence-corrected chi connectivity index (χ2v) is 4.79. The van der Waals surface area contributed by atoms with Crippen LogP contribution in [0.25, 0.3) is 0 Å². The van der Waals surface area contributed by atoms with Crippen LogP contribution >= 0.6 is 0 Å². The summed E-state index contributed by atoms with van der Waals surface area (Å²) in [5, 5.41) is 20.7. The average molecular weight is 259 g/mol. The van der Waals surface area contributed by atoms with Gasteiger partial charge in [-0.1, -0.05) is 13.8 Å². The van der Waals surface area contributed by atoms with Crippen molar-refractivity contribution in [2.75, 3.05) is 0 Å². The van der Waals surface area contributed by atoms with Crippen LogP contribution in [-0.4, -0.2) is 40.0 Å². The zero-order chi connectivity index (χ0) is 14.3. The number of carbonyl (C=O) groups excluding carboxylic acids is 2. The normalized spacial score (nSPS) is 14.1. The van der Waals surface area contributed by atoms with E-state index in [1.807, 2.05) is 13.8 Å². The second-order valence-electron chi connectivity index (χ2n) is 4.79. The Morgan fingerprint density at radius 2 is 1.78 bits per heavy atom. The third kappa shape index (κ3) is 7.01. The van der Waals surface area contributed by atoms with Crippen molar-refractivity contribution in [3.05, 3.63) is 0 Å². The lowest BCUT2D eigenvalue weighted by Crippen LogP contribution is -2.46. The van der Waals surface area contributed by atoms with Gasteiger partial charge in [-0.25, -0.2) is 4.79 Å². The Morgan fingerprint density at radius 1 is 1.22 bits per heavy atom. The van der Waals surface area contributed by atoms with Crippen LogP contribution in [0.5, 0.6) is 0 Å². The van der Waals surface area contributed by atoms with Crippen molar-refractivity contribution < 1.29 is 24.6 Å². The minimum atomic E-state index is -1.22. The van der Waals surface area contributed by atoms with E-state index in [9.17, 15) is 19.5 Å². The molecule has 104 valence electrons. The number of amides is 1. The number of nitrogens with one attached hydrogen (secondary N) is 1. The van der Waals surface area contributed by atoms with Gasteiger partial charge in [0.15, 0.2) is 0 Å². The van der Waals surface area contributed by atoms with Crippen LogP contribution in [0, 0.1) is 5.92 Å². The fourth-order valence-corrected chi connectivity index (χ4v) is 1.43. The number of ketones is 1. The highest BCUT2D eigenvalue weighted by Crippen LogP contribution is 2.06. The average Bonchev–Trinajstić information content (AvgIpc) is 2.21. The second kappa shape index (κ2) is 7.81. The lowest BCUT2D eigenvalue weighted by molar-refractivity contribution is -0.143. The monoisotopic (exact) mass is 259 g/mol. The number of aliphatic carboxylic acids is 1. The SMILES string of the molecule is CC(=O)CC[C@H](NC(=O)[C@H](O)CC(C)C)C(=O)O. The topological polar surface area (TPSA) is 104 Å². The summed E-state index contributed by atoms with van der Waals surface area (Å²) >= 11 is 0. The highest BCUT2D eigenvalue weighted by molar-refractivity contribution is 5.86. The van der Waals surface area contributed by atoms with Crippen molar-refractivity contribution in [1.29, 1.82) is 0 Å². The van der Waals surface area contributed by atoms with Crippen molar-refractivity contribution in [3.8, 4) is 0 Å². The summed E-state index contributed by atoms with van der Waals surface area (Å²) in [6.07, 6.45) is -0.836. The van der Waals surface area contributed by atoms with Gasteiger partial charge in [0.05, 0.1) is 0 Å². The molecule has 2 atom stereocenters. The minimum absolute atomic E-state index is 0.0325. The molecule has 0 aromatic rings. The van der Waals surface area contributed by atoms with Gasteiger partial charge in [-0.2, -0.15) is 0 Å². The molecular weight excluding hydrogens is 238 g/mol. The van der Waals surface area contributed by atoms with Gasteiger partial charge in [0, 0.05) is 6.42 Å². The highest BCUT2D eigenvalue weighted by Gasteiger charge is 2.24. The molecule has 0 saturated carbocycles. The fraction of sp³-hybridized carbons (Fsp3) is 0.750. The van der Waals surface area contributed by atoms with Crippen LogP contribution < -0.4 is 5.32 Å². The molecule has 0 radical (unpaired) electrons. The van der Waals surface area contributed by atoms with Crippen LogP contribution in [0.2, 0.25) is 0 Å². The standard InChI is InChI=1S/C12H21NO5/c1-7(2)6-10(15)11(16)13-9(12(17)18)5-4-8(3)14/h7,9-10,15H,4-6H2,1-3H3,(H,13,16)(H,17,18)/t9-,10+/m0/s1. The van der Waals surface area contributed by atoms with E-state index in [0.29, 0.717) is 0 Å². The molecule has 0 saturated heterocycles. The lowest BCUT2D eigenvalue weighted by Gasteiger charge is -2.17. The van der Waals surface area contributed by atoms with Gasteiger partial charge >= 0.3 is 5.97 Å². The first-order valence-corrected chi connectivity index (χ1v) is 5.94. The maximum absolute atomic E-state index is 11.5. The van der Waals surface area contributed by atoms with Gasteiger partial charge in [0.1, 0.15) is 17.9 Å². The molecule has 3 N–H and O–H groups in total. The summed E-state index contributed by atoms with van der Waals surface area (Å²) in [6.45, 7) is 5.05. The summed E-state index contributed by atoms with van der Waals surface area (Å²) in [6, 6.07) is -1.14. The van der Waals surface area contributed by atoms with Crippen LogP contribution in [-0.2, 0) is 14.4 Å².